The molecule has 92 valence electrons. The van der Waals surface area contributed by atoms with Crippen molar-refractivity contribution in [2.24, 2.45) is 0 Å². The molecule has 1 fully saturated rings. The van der Waals surface area contributed by atoms with Crippen molar-refractivity contribution in [2.75, 3.05) is 5.73 Å². The molecule has 18 heavy (non-hydrogen) atoms. The molecule has 2 heteroatoms. The van der Waals surface area contributed by atoms with E-state index in [-0.39, 0.29) is 0 Å². The predicted octanol–water partition coefficient (Wildman–Crippen LogP) is 3.79. The first-order valence-electron chi connectivity index (χ1n) is 6.35. The van der Waals surface area contributed by atoms with E-state index in [0.717, 1.165) is 11.4 Å². The van der Waals surface area contributed by atoms with E-state index in [1.54, 1.807) is 0 Å². The van der Waals surface area contributed by atoms with Crippen LogP contribution in [-0.2, 0) is 0 Å². The lowest BCUT2D eigenvalue weighted by Crippen LogP contribution is -1.95. The van der Waals surface area contributed by atoms with Gasteiger partial charge in [0.25, 0.3) is 0 Å². The van der Waals surface area contributed by atoms with Gasteiger partial charge >= 0.3 is 0 Å². The van der Waals surface area contributed by atoms with Crippen LogP contribution in [0.1, 0.15) is 18.4 Å². The zero-order valence-electron chi connectivity index (χ0n) is 10.5. The Bertz CT molecular complexity index is 556. The van der Waals surface area contributed by atoms with Crippen LogP contribution >= 0.6 is 0 Å². The molecule has 0 unspecified atom stereocenters. The summed E-state index contributed by atoms with van der Waals surface area (Å²) in [4.78, 5) is 0. The third-order valence-corrected chi connectivity index (χ3v) is 3.24. The highest BCUT2D eigenvalue weighted by molar-refractivity contribution is 5.70. The molecule has 2 aromatic carbocycles. The van der Waals surface area contributed by atoms with Crippen molar-refractivity contribution >= 4 is 5.69 Å². The van der Waals surface area contributed by atoms with Crippen LogP contribution in [0, 0.1) is 6.92 Å². The Balaban J connectivity index is 1.86. The Labute approximate surface area is 107 Å². The van der Waals surface area contributed by atoms with Crippen LogP contribution < -0.4 is 10.5 Å². The average molecular weight is 239 g/mol. The van der Waals surface area contributed by atoms with Crippen molar-refractivity contribution < 1.29 is 4.74 Å². The van der Waals surface area contributed by atoms with Gasteiger partial charge in [-0.3, -0.25) is 0 Å². The number of ether oxygens (including phenoxy) is 1. The van der Waals surface area contributed by atoms with Gasteiger partial charge < -0.3 is 10.5 Å². The first-order chi connectivity index (χ1) is 8.72. The van der Waals surface area contributed by atoms with E-state index in [0.29, 0.717) is 6.10 Å². The van der Waals surface area contributed by atoms with Crippen molar-refractivity contribution in [3.8, 4) is 16.9 Å². The van der Waals surface area contributed by atoms with Gasteiger partial charge in [0.15, 0.2) is 0 Å². The fourth-order valence-electron chi connectivity index (χ4n) is 2.10. The van der Waals surface area contributed by atoms with E-state index >= 15 is 0 Å². The summed E-state index contributed by atoms with van der Waals surface area (Å²) in [6, 6.07) is 14.3. The standard InChI is InChI=1S/C16H17NO/c1-11-10-13(17)4-9-16(11)12-2-5-14(6-3-12)18-15-7-8-15/h2-6,9-10,15H,7-8,17H2,1H3. The van der Waals surface area contributed by atoms with Crippen LogP contribution in [-0.4, -0.2) is 6.10 Å². The van der Waals surface area contributed by atoms with Gasteiger partial charge in [-0.2, -0.15) is 0 Å². The number of hydrogen-bond donors (Lipinski definition) is 1. The number of hydrogen-bond acceptors (Lipinski definition) is 2. The summed E-state index contributed by atoms with van der Waals surface area (Å²) in [5.74, 6) is 0.967. The predicted molar refractivity (Wildman–Crippen MR) is 74.7 cm³/mol. The second-order valence-corrected chi connectivity index (χ2v) is 4.92. The maximum absolute atomic E-state index is 5.77. The minimum absolute atomic E-state index is 0.453. The molecule has 0 bridgehead atoms. The van der Waals surface area contributed by atoms with E-state index in [4.69, 9.17) is 10.5 Å². The number of nitrogens with two attached hydrogens (primary N) is 1. The largest absolute Gasteiger partial charge is 0.490 e. The molecule has 2 aromatic rings. The van der Waals surface area contributed by atoms with E-state index in [1.165, 1.54) is 29.5 Å². The quantitative estimate of drug-likeness (QED) is 0.827. The lowest BCUT2D eigenvalue weighted by Gasteiger charge is -2.09. The normalized spacial score (nSPS) is 14.5. The first kappa shape index (κ1) is 11.1. The monoisotopic (exact) mass is 239 g/mol. The lowest BCUT2D eigenvalue weighted by molar-refractivity contribution is 0.303. The number of rotatable bonds is 3. The molecule has 0 amide bonds. The number of benzene rings is 2. The minimum Gasteiger partial charge on any atom is -0.490 e. The SMILES string of the molecule is Cc1cc(N)ccc1-c1ccc(OC2CC2)cc1. The summed E-state index contributed by atoms with van der Waals surface area (Å²) >= 11 is 0. The van der Waals surface area contributed by atoms with Crippen molar-refractivity contribution in [1.29, 1.82) is 0 Å². The highest BCUT2D eigenvalue weighted by atomic mass is 16.5. The molecule has 0 heterocycles. The Morgan fingerprint density at radius 3 is 2.39 bits per heavy atom. The van der Waals surface area contributed by atoms with Gasteiger partial charge in [0.05, 0.1) is 6.10 Å². The summed E-state index contributed by atoms with van der Waals surface area (Å²) in [6.45, 7) is 2.08. The van der Waals surface area contributed by atoms with Crippen molar-refractivity contribution in [3.63, 3.8) is 0 Å². The minimum atomic E-state index is 0.453. The second-order valence-electron chi connectivity index (χ2n) is 4.92. The summed E-state index contributed by atoms with van der Waals surface area (Å²) in [5, 5.41) is 0. The maximum Gasteiger partial charge on any atom is 0.119 e. The van der Waals surface area contributed by atoms with Gasteiger partial charge in [0, 0.05) is 5.69 Å². The molecule has 0 atom stereocenters. The molecule has 0 aromatic heterocycles. The van der Waals surface area contributed by atoms with Crippen LogP contribution in [0.4, 0.5) is 5.69 Å². The Morgan fingerprint density at radius 1 is 1.06 bits per heavy atom. The highest BCUT2D eigenvalue weighted by Gasteiger charge is 2.23. The summed E-state index contributed by atoms with van der Waals surface area (Å²) in [7, 11) is 0. The Kier molecular flexibility index (Phi) is 2.71. The summed E-state index contributed by atoms with van der Waals surface area (Å²) < 4.78 is 5.75. The van der Waals surface area contributed by atoms with Gasteiger partial charge in [-0.25, -0.2) is 0 Å². The molecule has 0 radical (unpaired) electrons. The van der Waals surface area contributed by atoms with Gasteiger partial charge in [0.1, 0.15) is 5.75 Å². The third-order valence-electron chi connectivity index (χ3n) is 3.24. The summed E-state index contributed by atoms with van der Waals surface area (Å²) in [5.41, 5.74) is 10.2. The van der Waals surface area contributed by atoms with Gasteiger partial charge in [0.2, 0.25) is 0 Å². The van der Waals surface area contributed by atoms with Crippen LogP contribution in [0.2, 0.25) is 0 Å². The number of anilines is 1. The fraction of sp³-hybridized carbons (Fsp3) is 0.250. The van der Waals surface area contributed by atoms with Gasteiger partial charge in [-0.1, -0.05) is 18.2 Å². The molecule has 0 aliphatic heterocycles. The topological polar surface area (TPSA) is 35.2 Å². The maximum atomic E-state index is 5.77. The van der Waals surface area contributed by atoms with Gasteiger partial charge in [-0.15, -0.1) is 0 Å². The molecule has 1 aliphatic carbocycles. The van der Waals surface area contributed by atoms with E-state index in [9.17, 15) is 0 Å². The highest BCUT2D eigenvalue weighted by Crippen LogP contribution is 2.30. The fourth-order valence-corrected chi connectivity index (χ4v) is 2.10. The van der Waals surface area contributed by atoms with Crippen LogP contribution in [0.25, 0.3) is 11.1 Å². The molecular formula is C16H17NO. The smallest absolute Gasteiger partial charge is 0.119 e. The molecule has 0 spiro atoms. The third kappa shape index (κ3) is 2.33. The van der Waals surface area contributed by atoms with E-state index in [2.05, 4.69) is 25.1 Å². The molecule has 1 saturated carbocycles. The molecule has 2 N–H and O–H groups in total. The zero-order valence-corrected chi connectivity index (χ0v) is 10.5. The van der Waals surface area contributed by atoms with Gasteiger partial charge in [-0.05, 0) is 60.7 Å². The molecular weight excluding hydrogens is 222 g/mol. The number of aryl methyl sites for hydroxylation is 1. The summed E-state index contributed by atoms with van der Waals surface area (Å²) in [6.07, 6.45) is 2.84. The molecule has 3 rings (SSSR count). The zero-order chi connectivity index (χ0) is 12.5. The Hall–Kier alpha value is -1.96. The van der Waals surface area contributed by atoms with Crippen LogP contribution in [0.3, 0.4) is 0 Å². The van der Waals surface area contributed by atoms with Crippen molar-refractivity contribution in [1.82, 2.24) is 0 Å². The molecule has 0 saturated heterocycles. The average Bonchev–Trinajstić information content (AvgIpc) is 3.15. The second kappa shape index (κ2) is 4.37. The lowest BCUT2D eigenvalue weighted by atomic mass is 10.00. The Morgan fingerprint density at radius 2 is 1.78 bits per heavy atom. The van der Waals surface area contributed by atoms with Crippen LogP contribution in [0.15, 0.2) is 42.5 Å². The van der Waals surface area contributed by atoms with E-state index in [1.807, 2.05) is 24.3 Å². The van der Waals surface area contributed by atoms with E-state index < -0.39 is 0 Å². The van der Waals surface area contributed by atoms with Crippen molar-refractivity contribution in [3.05, 3.63) is 48.0 Å². The molecule has 2 nitrogen and oxygen atoms in total. The van der Waals surface area contributed by atoms with Crippen LogP contribution in [0.5, 0.6) is 5.75 Å². The first-order valence-corrected chi connectivity index (χ1v) is 6.35. The number of nitrogen functional groups attached to an aromatic ring is 1. The van der Waals surface area contributed by atoms with Crippen molar-refractivity contribution in [2.45, 2.75) is 25.9 Å². The molecule has 1 aliphatic rings.